The Morgan fingerprint density at radius 3 is 2.41 bits per heavy atom. The van der Waals surface area contributed by atoms with Crippen molar-refractivity contribution in [2.24, 2.45) is 5.92 Å². The van der Waals surface area contributed by atoms with Gasteiger partial charge in [0.2, 0.25) is 0 Å². The largest absolute Gasteiger partial charge is 0.491 e. The minimum atomic E-state index is 0.0542. The highest BCUT2D eigenvalue weighted by Crippen LogP contribution is 2.13. The van der Waals surface area contributed by atoms with Crippen molar-refractivity contribution in [2.45, 2.75) is 33.4 Å². The Kier molecular flexibility index (Phi) is 5.51. The lowest BCUT2D eigenvalue weighted by Gasteiger charge is -2.10. The van der Waals surface area contributed by atoms with E-state index in [0.717, 1.165) is 18.8 Å². The Morgan fingerprint density at radius 1 is 1.24 bits per heavy atom. The van der Waals surface area contributed by atoms with Crippen LogP contribution in [-0.4, -0.2) is 12.6 Å². The number of hydrogen-bond acceptors (Lipinski definition) is 3. The summed E-state index contributed by atoms with van der Waals surface area (Å²) in [6.45, 7) is 7.44. The van der Waals surface area contributed by atoms with E-state index >= 15 is 0 Å². The van der Waals surface area contributed by atoms with Crippen molar-refractivity contribution < 1.29 is 4.74 Å². The molecule has 17 heavy (non-hydrogen) atoms. The third-order valence-corrected chi connectivity index (χ3v) is 2.30. The second kappa shape index (κ2) is 6.93. The molecule has 0 aliphatic heterocycles. The van der Waals surface area contributed by atoms with Crippen molar-refractivity contribution in [1.82, 2.24) is 5.32 Å². The number of rotatable bonds is 6. The van der Waals surface area contributed by atoms with Crippen LogP contribution in [0.5, 0.6) is 5.75 Å². The van der Waals surface area contributed by atoms with Gasteiger partial charge in [0.25, 0.3) is 0 Å². The van der Waals surface area contributed by atoms with Gasteiger partial charge in [-0.25, -0.2) is 0 Å². The van der Waals surface area contributed by atoms with Crippen molar-refractivity contribution >= 4 is 0 Å². The third-order valence-electron chi connectivity index (χ3n) is 2.30. The molecule has 0 bridgehead atoms. The number of nitrogens with zero attached hydrogens (tertiary/aromatic N) is 1. The van der Waals surface area contributed by atoms with Gasteiger partial charge in [0.1, 0.15) is 5.75 Å². The summed E-state index contributed by atoms with van der Waals surface area (Å²) in [6.07, 6.45) is 0.204. The third kappa shape index (κ3) is 5.37. The van der Waals surface area contributed by atoms with E-state index in [9.17, 15) is 0 Å². The van der Waals surface area contributed by atoms with Crippen LogP contribution in [0.2, 0.25) is 0 Å². The molecule has 92 valence electrons. The highest BCUT2D eigenvalue weighted by molar-refractivity contribution is 5.27. The standard InChI is InChI=1S/C14H20N2O/c1-11(2)17-14-6-4-13(5-7-14)10-16-9-12(3)8-15/h4-7,11-12,16H,9-10H2,1-3H3. The van der Waals surface area contributed by atoms with Crippen LogP contribution in [0, 0.1) is 17.2 Å². The van der Waals surface area contributed by atoms with Crippen LogP contribution in [0.3, 0.4) is 0 Å². The molecular formula is C14H20N2O. The fourth-order valence-electron chi connectivity index (χ4n) is 1.44. The maximum absolute atomic E-state index is 8.65. The van der Waals surface area contributed by atoms with Crippen LogP contribution in [0.15, 0.2) is 24.3 Å². The SMILES string of the molecule is CC(C#N)CNCc1ccc(OC(C)C)cc1. The molecule has 1 aromatic rings. The molecule has 0 amide bonds. The van der Waals surface area contributed by atoms with Gasteiger partial charge in [-0.05, 0) is 38.5 Å². The molecule has 0 aliphatic carbocycles. The molecular weight excluding hydrogens is 212 g/mol. The molecule has 0 spiro atoms. The van der Waals surface area contributed by atoms with Gasteiger partial charge in [-0.15, -0.1) is 0 Å². The normalized spacial score (nSPS) is 12.2. The average Bonchev–Trinajstić information content (AvgIpc) is 2.30. The number of nitriles is 1. The number of hydrogen-bond donors (Lipinski definition) is 1. The van der Waals surface area contributed by atoms with E-state index in [-0.39, 0.29) is 12.0 Å². The predicted octanol–water partition coefficient (Wildman–Crippen LogP) is 2.72. The molecule has 0 fully saturated rings. The van der Waals surface area contributed by atoms with Crippen LogP contribution in [0.1, 0.15) is 26.3 Å². The summed E-state index contributed by atoms with van der Waals surface area (Å²) in [6, 6.07) is 10.2. The van der Waals surface area contributed by atoms with Gasteiger partial charge in [-0.2, -0.15) is 5.26 Å². The molecule has 0 aliphatic rings. The summed E-state index contributed by atoms with van der Waals surface area (Å²) in [5, 5.41) is 11.9. The smallest absolute Gasteiger partial charge is 0.119 e. The second-order valence-electron chi connectivity index (χ2n) is 4.47. The monoisotopic (exact) mass is 232 g/mol. The molecule has 1 unspecified atom stereocenters. The topological polar surface area (TPSA) is 45.0 Å². The van der Waals surface area contributed by atoms with Crippen molar-refractivity contribution in [3.63, 3.8) is 0 Å². The molecule has 0 aromatic heterocycles. The zero-order valence-electron chi connectivity index (χ0n) is 10.7. The predicted molar refractivity (Wildman–Crippen MR) is 68.7 cm³/mol. The van der Waals surface area contributed by atoms with Crippen molar-refractivity contribution in [3.05, 3.63) is 29.8 Å². The Balaban J connectivity index is 2.38. The van der Waals surface area contributed by atoms with Gasteiger partial charge >= 0.3 is 0 Å². The van der Waals surface area contributed by atoms with Gasteiger partial charge in [-0.1, -0.05) is 12.1 Å². The van der Waals surface area contributed by atoms with Crippen LogP contribution >= 0.6 is 0 Å². The lowest BCUT2D eigenvalue weighted by atomic mass is 10.2. The molecule has 0 heterocycles. The quantitative estimate of drug-likeness (QED) is 0.820. The molecule has 3 heteroatoms. The van der Waals surface area contributed by atoms with E-state index in [1.807, 2.05) is 45.0 Å². The minimum absolute atomic E-state index is 0.0542. The summed E-state index contributed by atoms with van der Waals surface area (Å²) < 4.78 is 5.57. The Bertz CT molecular complexity index is 365. The van der Waals surface area contributed by atoms with E-state index in [2.05, 4.69) is 11.4 Å². The summed E-state index contributed by atoms with van der Waals surface area (Å²) in [4.78, 5) is 0. The molecule has 0 saturated carbocycles. The first kappa shape index (κ1) is 13.5. The molecule has 0 radical (unpaired) electrons. The van der Waals surface area contributed by atoms with E-state index in [1.54, 1.807) is 0 Å². The number of benzene rings is 1. The van der Waals surface area contributed by atoms with E-state index < -0.39 is 0 Å². The molecule has 1 N–H and O–H groups in total. The Morgan fingerprint density at radius 2 is 1.88 bits per heavy atom. The van der Waals surface area contributed by atoms with E-state index in [4.69, 9.17) is 10.00 Å². The number of nitrogens with one attached hydrogen (secondary N) is 1. The van der Waals surface area contributed by atoms with E-state index in [0.29, 0.717) is 0 Å². The maximum Gasteiger partial charge on any atom is 0.119 e. The van der Waals surface area contributed by atoms with Gasteiger partial charge in [0, 0.05) is 13.1 Å². The zero-order valence-corrected chi connectivity index (χ0v) is 10.7. The molecule has 1 atom stereocenters. The summed E-state index contributed by atoms with van der Waals surface area (Å²) >= 11 is 0. The van der Waals surface area contributed by atoms with Crippen LogP contribution < -0.4 is 10.1 Å². The first-order valence-electron chi connectivity index (χ1n) is 5.97. The van der Waals surface area contributed by atoms with Gasteiger partial charge < -0.3 is 10.1 Å². The van der Waals surface area contributed by atoms with E-state index in [1.165, 1.54) is 5.56 Å². The molecule has 1 aromatic carbocycles. The minimum Gasteiger partial charge on any atom is -0.491 e. The fraction of sp³-hybridized carbons (Fsp3) is 0.500. The first-order valence-corrected chi connectivity index (χ1v) is 5.97. The van der Waals surface area contributed by atoms with Crippen LogP contribution in [0.4, 0.5) is 0 Å². The second-order valence-corrected chi connectivity index (χ2v) is 4.47. The van der Waals surface area contributed by atoms with Crippen LogP contribution in [0.25, 0.3) is 0 Å². The molecule has 0 saturated heterocycles. The van der Waals surface area contributed by atoms with Crippen LogP contribution in [-0.2, 0) is 6.54 Å². The highest BCUT2D eigenvalue weighted by atomic mass is 16.5. The lowest BCUT2D eigenvalue weighted by molar-refractivity contribution is 0.242. The Hall–Kier alpha value is -1.53. The highest BCUT2D eigenvalue weighted by Gasteiger charge is 2.00. The van der Waals surface area contributed by atoms with Gasteiger partial charge in [0.05, 0.1) is 18.1 Å². The van der Waals surface area contributed by atoms with Crippen molar-refractivity contribution in [2.75, 3.05) is 6.54 Å². The van der Waals surface area contributed by atoms with Gasteiger partial charge in [0.15, 0.2) is 0 Å². The number of ether oxygens (including phenoxy) is 1. The molecule has 3 nitrogen and oxygen atoms in total. The van der Waals surface area contributed by atoms with Crippen molar-refractivity contribution in [1.29, 1.82) is 5.26 Å². The summed E-state index contributed by atoms with van der Waals surface area (Å²) in [5.74, 6) is 0.952. The Labute approximate surface area is 103 Å². The lowest BCUT2D eigenvalue weighted by Crippen LogP contribution is -2.19. The first-order chi connectivity index (χ1) is 8.11. The summed E-state index contributed by atoms with van der Waals surface area (Å²) in [7, 11) is 0. The average molecular weight is 232 g/mol. The van der Waals surface area contributed by atoms with Gasteiger partial charge in [-0.3, -0.25) is 0 Å². The molecule has 1 rings (SSSR count). The fourth-order valence-corrected chi connectivity index (χ4v) is 1.44. The summed E-state index contributed by atoms with van der Waals surface area (Å²) in [5.41, 5.74) is 1.20. The van der Waals surface area contributed by atoms with Crippen molar-refractivity contribution in [3.8, 4) is 11.8 Å². The zero-order chi connectivity index (χ0) is 12.7. The maximum atomic E-state index is 8.65.